The number of nitrogens with one attached hydrogen (secondary N) is 1. The number of nitriles is 1. The Hall–Kier alpha value is -2.32. The molecule has 1 aliphatic heterocycles. The number of carbonyl (C=O) groups excluding carboxylic acids is 1. The highest BCUT2D eigenvalue weighted by Crippen LogP contribution is 2.40. The third kappa shape index (κ3) is 3.61. The Labute approximate surface area is 155 Å². The molecule has 3 rings (SSSR count). The summed E-state index contributed by atoms with van der Waals surface area (Å²) in [6.45, 7) is 1.83. The zero-order valence-electron chi connectivity index (χ0n) is 15.3. The number of urea groups is 1. The quantitative estimate of drug-likeness (QED) is 0.871. The smallest absolute Gasteiger partial charge is 0.319 e. The molecule has 138 valence electrons. The molecule has 2 fully saturated rings. The van der Waals surface area contributed by atoms with E-state index in [9.17, 15) is 15.2 Å². The van der Waals surface area contributed by atoms with Crippen LogP contribution in [0.3, 0.4) is 0 Å². The molecular weight excluding hydrogens is 326 g/mol. The lowest BCUT2D eigenvalue weighted by Gasteiger charge is -2.51. The normalized spacial score (nSPS) is 26.3. The van der Waals surface area contributed by atoms with Crippen molar-refractivity contribution < 1.29 is 9.90 Å². The fourth-order valence-corrected chi connectivity index (χ4v) is 4.20. The van der Waals surface area contributed by atoms with E-state index in [4.69, 9.17) is 0 Å². The predicted molar refractivity (Wildman–Crippen MR) is 101 cm³/mol. The van der Waals surface area contributed by atoms with E-state index in [0.29, 0.717) is 0 Å². The van der Waals surface area contributed by atoms with Crippen LogP contribution in [0.2, 0.25) is 0 Å². The van der Waals surface area contributed by atoms with E-state index in [1.54, 1.807) is 0 Å². The summed E-state index contributed by atoms with van der Waals surface area (Å²) in [6, 6.07) is 9.33. The molecule has 0 unspecified atom stereocenters. The highest BCUT2D eigenvalue weighted by atomic mass is 16.3. The lowest BCUT2D eigenvalue weighted by Crippen LogP contribution is -2.67. The summed E-state index contributed by atoms with van der Waals surface area (Å²) in [4.78, 5) is 14.2. The fraction of sp³-hybridized carbons (Fsp3) is 0.524. The van der Waals surface area contributed by atoms with Crippen molar-refractivity contribution >= 4 is 12.1 Å². The Balaban J connectivity index is 1.72. The number of hydrogen-bond donors (Lipinski definition) is 2. The highest BCUT2D eigenvalue weighted by molar-refractivity contribution is 5.77. The second kappa shape index (κ2) is 8.37. The van der Waals surface area contributed by atoms with Crippen molar-refractivity contribution in [3.05, 3.63) is 41.5 Å². The number of rotatable bonds is 4. The zero-order valence-corrected chi connectivity index (χ0v) is 15.3. The number of allylic oxidation sites excluding steroid dienone is 1. The summed E-state index contributed by atoms with van der Waals surface area (Å²) in [5.74, 6) is -0.151. The lowest BCUT2D eigenvalue weighted by atomic mass is 9.76. The molecule has 0 spiro atoms. The van der Waals surface area contributed by atoms with Gasteiger partial charge in [0.1, 0.15) is 6.04 Å². The summed E-state index contributed by atoms with van der Waals surface area (Å²) >= 11 is 0. The molecule has 1 aliphatic carbocycles. The van der Waals surface area contributed by atoms with Gasteiger partial charge in [-0.15, -0.1) is 0 Å². The molecule has 26 heavy (non-hydrogen) atoms. The molecule has 2 aliphatic rings. The van der Waals surface area contributed by atoms with Crippen LogP contribution in [-0.4, -0.2) is 40.8 Å². The maximum atomic E-state index is 12.7. The van der Waals surface area contributed by atoms with Crippen LogP contribution in [0.4, 0.5) is 4.79 Å². The lowest BCUT2D eigenvalue weighted by molar-refractivity contribution is 0.0153. The van der Waals surface area contributed by atoms with E-state index in [1.165, 1.54) is 11.3 Å². The Kier molecular flexibility index (Phi) is 5.95. The second-order valence-corrected chi connectivity index (χ2v) is 7.21. The van der Waals surface area contributed by atoms with Crippen LogP contribution in [0.5, 0.6) is 0 Å². The number of aliphatic hydroxyl groups is 1. The summed E-state index contributed by atoms with van der Waals surface area (Å²) < 4.78 is 0. The summed E-state index contributed by atoms with van der Waals surface area (Å²) in [6.07, 6.45) is 9.48. The molecule has 1 saturated carbocycles. The number of likely N-dealkylation sites (tertiary alicyclic amines) is 1. The van der Waals surface area contributed by atoms with E-state index in [-0.39, 0.29) is 30.6 Å². The number of carbonyl (C=O) groups is 1. The van der Waals surface area contributed by atoms with Crippen molar-refractivity contribution in [2.75, 3.05) is 6.61 Å². The largest absolute Gasteiger partial charge is 0.394 e. The Morgan fingerprint density at radius 1 is 1.31 bits per heavy atom. The van der Waals surface area contributed by atoms with Crippen LogP contribution in [0.15, 0.2) is 30.3 Å². The fourth-order valence-electron chi connectivity index (χ4n) is 4.20. The molecule has 5 heteroatoms. The Bertz CT molecular complexity index is 686. The van der Waals surface area contributed by atoms with Gasteiger partial charge in [-0.25, -0.2) is 4.79 Å². The molecular formula is C21H27N3O2. The molecule has 1 heterocycles. The first-order valence-electron chi connectivity index (χ1n) is 9.51. The third-order valence-corrected chi connectivity index (χ3v) is 5.58. The van der Waals surface area contributed by atoms with Gasteiger partial charge in [-0.1, -0.05) is 55.7 Å². The molecule has 5 nitrogen and oxygen atoms in total. The first kappa shape index (κ1) is 18.5. The van der Waals surface area contributed by atoms with Gasteiger partial charge in [0.2, 0.25) is 0 Å². The molecule has 0 radical (unpaired) electrons. The van der Waals surface area contributed by atoms with E-state index in [0.717, 1.165) is 36.8 Å². The second-order valence-electron chi connectivity index (χ2n) is 7.21. The molecule has 3 atom stereocenters. The standard InChI is InChI=1S/C21H27N3O2/c1-2-6-15-9-11-16(12-10-15)20-18(13-22)24(19(20)14-25)21(26)23-17-7-4-3-5-8-17/h2,6,9-12,17-20,25H,3-5,7-8,14H2,1H3,(H,23,26)/b6-2+/t18-,19-,20-/m1/s1. The van der Waals surface area contributed by atoms with Crippen molar-refractivity contribution in [3.63, 3.8) is 0 Å². The number of benzene rings is 1. The van der Waals surface area contributed by atoms with E-state index in [2.05, 4.69) is 11.4 Å². The monoisotopic (exact) mass is 353 g/mol. The topological polar surface area (TPSA) is 76.4 Å². The molecule has 2 amide bonds. The Morgan fingerprint density at radius 2 is 2.00 bits per heavy atom. The maximum Gasteiger partial charge on any atom is 0.319 e. The van der Waals surface area contributed by atoms with Gasteiger partial charge in [0.25, 0.3) is 0 Å². The van der Waals surface area contributed by atoms with Crippen molar-refractivity contribution in [1.29, 1.82) is 5.26 Å². The molecule has 1 aromatic carbocycles. The molecule has 1 aromatic rings. The first-order valence-corrected chi connectivity index (χ1v) is 9.51. The summed E-state index contributed by atoms with van der Waals surface area (Å²) in [5.41, 5.74) is 2.09. The highest BCUT2D eigenvalue weighted by Gasteiger charge is 2.51. The van der Waals surface area contributed by atoms with Gasteiger partial charge in [0.05, 0.1) is 18.7 Å². The molecule has 0 aromatic heterocycles. The Morgan fingerprint density at radius 3 is 2.58 bits per heavy atom. The van der Waals surface area contributed by atoms with E-state index in [1.807, 2.05) is 43.3 Å². The van der Waals surface area contributed by atoms with Crippen molar-refractivity contribution in [2.45, 2.75) is 63.1 Å². The minimum absolute atomic E-state index is 0.141. The van der Waals surface area contributed by atoms with Gasteiger partial charge in [-0.2, -0.15) is 5.26 Å². The minimum atomic E-state index is -0.539. The molecule has 1 saturated heterocycles. The average molecular weight is 353 g/mol. The van der Waals surface area contributed by atoms with Crippen molar-refractivity contribution in [3.8, 4) is 6.07 Å². The predicted octanol–water partition coefficient (Wildman–Crippen LogP) is 3.41. The van der Waals surface area contributed by atoms with Gasteiger partial charge >= 0.3 is 6.03 Å². The average Bonchev–Trinajstić information content (AvgIpc) is 2.64. The summed E-state index contributed by atoms with van der Waals surface area (Å²) in [5, 5.41) is 22.5. The van der Waals surface area contributed by atoms with Gasteiger partial charge < -0.3 is 15.3 Å². The molecule has 0 bridgehead atoms. The first-order chi connectivity index (χ1) is 12.7. The molecule has 2 N–H and O–H groups in total. The van der Waals surface area contributed by atoms with Gasteiger partial charge in [-0.3, -0.25) is 0 Å². The summed E-state index contributed by atoms with van der Waals surface area (Å²) in [7, 11) is 0. The number of amides is 2. The number of aliphatic hydroxyl groups excluding tert-OH is 1. The van der Waals surface area contributed by atoms with Crippen LogP contribution >= 0.6 is 0 Å². The maximum absolute atomic E-state index is 12.7. The van der Waals surface area contributed by atoms with Crippen LogP contribution < -0.4 is 5.32 Å². The minimum Gasteiger partial charge on any atom is -0.394 e. The van der Waals surface area contributed by atoms with Gasteiger partial charge in [-0.05, 0) is 30.9 Å². The number of hydrogen-bond acceptors (Lipinski definition) is 3. The SMILES string of the molecule is C/C=C/c1ccc([C@@H]2[C@@H](C#N)N(C(=O)NC3CCCCC3)[C@@H]2CO)cc1. The van der Waals surface area contributed by atoms with Crippen LogP contribution in [0, 0.1) is 11.3 Å². The van der Waals surface area contributed by atoms with E-state index < -0.39 is 6.04 Å². The van der Waals surface area contributed by atoms with Crippen LogP contribution in [0.1, 0.15) is 56.1 Å². The van der Waals surface area contributed by atoms with Crippen molar-refractivity contribution in [2.24, 2.45) is 0 Å². The van der Waals surface area contributed by atoms with E-state index >= 15 is 0 Å². The third-order valence-electron chi connectivity index (χ3n) is 5.58. The number of nitrogens with zero attached hydrogens (tertiary/aromatic N) is 2. The zero-order chi connectivity index (χ0) is 18.5. The van der Waals surface area contributed by atoms with Crippen molar-refractivity contribution in [1.82, 2.24) is 10.2 Å². The van der Waals surface area contributed by atoms with Gasteiger partial charge in [0.15, 0.2) is 0 Å². The van der Waals surface area contributed by atoms with Crippen LogP contribution in [0.25, 0.3) is 6.08 Å². The van der Waals surface area contributed by atoms with Crippen LogP contribution in [-0.2, 0) is 0 Å². The van der Waals surface area contributed by atoms with Gasteiger partial charge in [0, 0.05) is 12.0 Å².